The highest BCUT2D eigenvalue weighted by atomic mass is 35.5. The number of aliphatic hydroxyl groups excluding tert-OH is 1. The van der Waals surface area contributed by atoms with Gasteiger partial charge in [0, 0.05) is 16.5 Å². The van der Waals surface area contributed by atoms with Gasteiger partial charge < -0.3 is 5.11 Å². The Labute approximate surface area is 90.3 Å². The van der Waals surface area contributed by atoms with Gasteiger partial charge in [0.05, 0.1) is 0 Å². The summed E-state index contributed by atoms with van der Waals surface area (Å²) >= 11 is 11.4. The van der Waals surface area contributed by atoms with Crippen LogP contribution in [0.25, 0.3) is 0 Å². The zero-order valence-corrected chi connectivity index (χ0v) is 8.56. The highest BCUT2D eigenvalue weighted by Gasteiger charge is 2.18. The number of hydrogen-bond acceptors (Lipinski definition) is 1. The van der Waals surface area contributed by atoms with Crippen molar-refractivity contribution < 1.29 is 13.9 Å². The smallest absolute Gasteiger partial charge is 0.264 e. The summed E-state index contributed by atoms with van der Waals surface area (Å²) in [6, 6.07) is 4.54. The number of hydrogen-bond donors (Lipinski definition) is 1. The first kappa shape index (κ1) is 11.7. The van der Waals surface area contributed by atoms with Crippen LogP contribution in [-0.2, 0) is 6.42 Å². The third kappa shape index (κ3) is 3.08. The number of alkyl halides is 2. The standard InChI is InChI=1S/C9H8Cl2F2O/c10-6-1-2-7(11)5(3-6)4-8(14)9(12)13/h1-3,8-9,14H,4H2. The minimum atomic E-state index is -2.77. The SMILES string of the molecule is OC(Cc1cc(Cl)ccc1Cl)C(F)F. The molecule has 5 heteroatoms. The van der Waals surface area contributed by atoms with Gasteiger partial charge in [0.15, 0.2) is 0 Å². The number of rotatable bonds is 3. The fourth-order valence-electron chi connectivity index (χ4n) is 1.01. The molecule has 0 radical (unpaired) electrons. The highest BCUT2D eigenvalue weighted by Crippen LogP contribution is 2.22. The van der Waals surface area contributed by atoms with Gasteiger partial charge in [-0.15, -0.1) is 0 Å². The van der Waals surface area contributed by atoms with E-state index in [4.69, 9.17) is 28.3 Å². The van der Waals surface area contributed by atoms with Crippen molar-refractivity contribution in [3.8, 4) is 0 Å². The van der Waals surface area contributed by atoms with Gasteiger partial charge in [0.1, 0.15) is 6.10 Å². The maximum absolute atomic E-state index is 12.0. The average molecular weight is 241 g/mol. The largest absolute Gasteiger partial charge is 0.387 e. The summed E-state index contributed by atoms with van der Waals surface area (Å²) < 4.78 is 24.0. The lowest BCUT2D eigenvalue weighted by Gasteiger charge is -2.10. The van der Waals surface area contributed by atoms with Crippen LogP contribution in [0.1, 0.15) is 5.56 Å². The molecule has 1 N–H and O–H groups in total. The van der Waals surface area contributed by atoms with E-state index in [2.05, 4.69) is 0 Å². The predicted octanol–water partition coefficient (Wildman–Crippen LogP) is 3.16. The van der Waals surface area contributed by atoms with Gasteiger partial charge in [-0.05, 0) is 23.8 Å². The topological polar surface area (TPSA) is 20.2 Å². The third-order valence-corrected chi connectivity index (χ3v) is 2.33. The first-order valence-corrected chi connectivity index (χ1v) is 4.66. The van der Waals surface area contributed by atoms with Crippen LogP contribution in [0.4, 0.5) is 8.78 Å². The summed E-state index contributed by atoms with van der Waals surface area (Å²) in [6.07, 6.45) is -4.67. The first-order valence-electron chi connectivity index (χ1n) is 3.91. The molecule has 0 spiro atoms. The molecule has 1 aromatic rings. The zero-order chi connectivity index (χ0) is 10.7. The van der Waals surface area contributed by atoms with E-state index in [1.54, 1.807) is 6.07 Å². The second-order valence-corrected chi connectivity index (χ2v) is 3.69. The van der Waals surface area contributed by atoms with Crippen LogP contribution in [0.5, 0.6) is 0 Å². The molecular weight excluding hydrogens is 233 g/mol. The molecule has 0 aliphatic heterocycles. The summed E-state index contributed by atoms with van der Waals surface area (Å²) in [7, 11) is 0. The van der Waals surface area contributed by atoms with E-state index in [1.165, 1.54) is 12.1 Å². The van der Waals surface area contributed by atoms with Gasteiger partial charge >= 0.3 is 0 Å². The Morgan fingerprint density at radius 1 is 1.29 bits per heavy atom. The zero-order valence-electron chi connectivity index (χ0n) is 7.05. The van der Waals surface area contributed by atoms with Crippen LogP contribution < -0.4 is 0 Å². The molecule has 0 fully saturated rings. The van der Waals surface area contributed by atoms with E-state index < -0.39 is 12.5 Å². The Morgan fingerprint density at radius 2 is 1.93 bits per heavy atom. The van der Waals surface area contributed by atoms with Crippen LogP contribution in [-0.4, -0.2) is 17.6 Å². The lowest BCUT2D eigenvalue weighted by atomic mass is 10.1. The molecule has 1 atom stereocenters. The number of benzene rings is 1. The number of aliphatic hydroxyl groups is 1. The molecule has 14 heavy (non-hydrogen) atoms. The molecular formula is C9H8Cl2F2O. The Bertz CT molecular complexity index is 318. The summed E-state index contributed by atoms with van der Waals surface area (Å²) in [5.41, 5.74) is 0.423. The Hall–Kier alpha value is -0.380. The maximum atomic E-state index is 12.0. The van der Waals surface area contributed by atoms with Crippen LogP contribution in [0.3, 0.4) is 0 Å². The normalized spacial score (nSPS) is 13.3. The summed E-state index contributed by atoms with van der Waals surface area (Å²) in [5.74, 6) is 0. The van der Waals surface area contributed by atoms with Crippen LogP contribution in [0, 0.1) is 0 Å². The van der Waals surface area contributed by atoms with Gasteiger partial charge in [-0.1, -0.05) is 23.2 Å². The quantitative estimate of drug-likeness (QED) is 0.861. The molecule has 0 aliphatic carbocycles. The van der Waals surface area contributed by atoms with E-state index in [-0.39, 0.29) is 6.42 Å². The Morgan fingerprint density at radius 3 is 2.50 bits per heavy atom. The van der Waals surface area contributed by atoms with Crippen molar-refractivity contribution >= 4 is 23.2 Å². The van der Waals surface area contributed by atoms with Crippen LogP contribution >= 0.6 is 23.2 Å². The van der Waals surface area contributed by atoms with Gasteiger partial charge in [0.25, 0.3) is 6.43 Å². The van der Waals surface area contributed by atoms with Crippen molar-refractivity contribution in [1.82, 2.24) is 0 Å². The van der Waals surface area contributed by atoms with Gasteiger partial charge in [0.2, 0.25) is 0 Å². The van der Waals surface area contributed by atoms with Gasteiger partial charge in [-0.25, -0.2) is 8.78 Å². The van der Waals surface area contributed by atoms with Crippen LogP contribution in [0.2, 0.25) is 10.0 Å². The molecule has 78 valence electrons. The maximum Gasteiger partial charge on any atom is 0.264 e. The fourth-order valence-corrected chi connectivity index (χ4v) is 1.40. The van der Waals surface area contributed by atoms with E-state index >= 15 is 0 Å². The molecule has 0 amide bonds. The molecule has 1 rings (SSSR count). The second kappa shape index (κ2) is 4.91. The molecule has 1 unspecified atom stereocenters. The molecule has 0 saturated heterocycles. The molecule has 1 nitrogen and oxygen atoms in total. The molecule has 0 bridgehead atoms. The van der Waals surface area contributed by atoms with Crippen molar-refractivity contribution in [1.29, 1.82) is 0 Å². The highest BCUT2D eigenvalue weighted by molar-refractivity contribution is 6.33. The molecule has 0 aliphatic rings. The monoisotopic (exact) mass is 240 g/mol. The third-order valence-electron chi connectivity index (χ3n) is 1.73. The van der Waals surface area contributed by atoms with Crippen LogP contribution in [0.15, 0.2) is 18.2 Å². The van der Waals surface area contributed by atoms with Crippen molar-refractivity contribution in [3.05, 3.63) is 33.8 Å². The Kier molecular flexibility index (Phi) is 4.11. The summed E-state index contributed by atoms with van der Waals surface area (Å²) in [6.45, 7) is 0. The van der Waals surface area contributed by atoms with Crippen molar-refractivity contribution in [2.45, 2.75) is 19.0 Å². The summed E-state index contributed by atoms with van der Waals surface area (Å²) in [5, 5.41) is 9.68. The van der Waals surface area contributed by atoms with Crippen molar-refractivity contribution in [2.75, 3.05) is 0 Å². The molecule has 0 saturated carbocycles. The lowest BCUT2D eigenvalue weighted by molar-refractivity contribution is -0.00364. The van der Waals surface area contributed by atoms with Gasteiger partial charge in [-0.3, -0.25) is 0 Å². The predicted molar refractivity (Wildman–Crippen MR) is 52.2 cm³/mol. The Balaban J connectivity index is 2.80. The summed E-state index contributed by atoms with van der Waals surface area (Å²) in [4.78, 5) is 0. The lowest BCUT2D eigenvalue weighted by Crippen LogP contribution is -2.20. The fraction of sp³-hybridized carbons (Fsp3) is 0.333. The average Bonchev–Trinajstić information content (AvgIpc) is 2.11. The van der Waals surface area contributed by atoms with E-state index in [0.717, 1.165) is 0 Å². The van der Waals surface area contributed by atoms with E-state index in [0.29, 0.717) is 15.6 Å². The molecule has 0 aromatic heterocycles. The first-order chi connectivity index (χ1) is 6.50. The van der Waals surface area contributed by atoms with E-state index in [9.17, 15) is 8.78 Å². The van der Waals surface area contributed by atoms with E-state index in [1.807, 2.05) is 0 Å². The minimum Gasteiger partial charge on any atom is -0.387 e. The van der Waals surface area contributed by atoms with Crippen molar-refractivity contribution in [2.24, 2.45) is 0 Å². The number of halogens is 4. The second-order valence-electron chi connectivity index (χ2n) is 2.84. The molecule has 1 aromatic carbocycles. The van der Waals surface area contributed by atoms with Gasteiger partial charge in [-0.2, -0.15) is 0 Å². The van der Waals surface area contributed by atoms with Crippen molar-refractivity contribution in [3.63, 3.8) is 0 Å². The molecule has 0 heterocycles. The minimum absolute atomic E-state index is 0.197.